The van der Waals surface area contributed by atoms with Gasteiger partial charge < -0.3 is 5.32 Å². The Labute approximate surface area is 49.4 Å². The van der Waals surface area contributed by atoms with Gasteiger partial charge in [-0.3, -0.25) is 0 Å². The smallest absolute Gasteiger partial charge is 0.319 e. The lowest BCUT2D eigenvalue weighted by atomic mass is 10.5. The Balaban J connectivity index is 2.90. The van der Waals surface area contributed by atoms with Crippen molar-refractivity contribution >= 4 is 0 Å². The van der Waals surface area contributed by atoms with Gasteiger partial charge in [-0.25, -0.2) is 0 Å². The van der Waals surface area contributed by atoms with Gasteiger partial charge in [-0.15, -0.1) is 0 Å². The molecule has 1 N–H and O–H groups in total. The van der Waals surface area contributed by atoms with Crippen LogP contribution in [0.1, 0.15) is 6.42 Å². The zero-order valence-corrected chi connectivity index (χ0v) is 5.27. The van der Waals surface area contributed by atoms with Gasteiger partial charge in [0.2, 0.25) is 5.01 Å². The van der Waals surface area contributed by atoms with E-state index in [2.05, 4.69) is 21.2 Å². The summed E-state index contributed by atoms with van der Waals surface area (Å²) < 4.78 is 0. The molecule has 0 unspecified atom stereocenters. The van der Waals surface area contributed by atoms with Gasteiger partial charge in [0, 0.05) is 6.54 Å². The molecule has 3 nitrogen and oxygen atoms in total. The third-order valence-corrected chi connectivity index (χ3v) is 0.643. The van der Waals surface area contributed by atoms with Crippen LogP contribution >= 0.6 is 0 Å². The van der Waals surface area contributed by atoms with Gasteiger partial charge in [-0.05, 0) is 7.05 Å². The summed E-state index contributed by atoms with van der Waals surface area (Å²) in [5.41, 5.74) is 0. The first-order valence-corrected chi connectivity index (χ1v) is 2.52. The molecule has 0 aliphatic rings. The Morgan fingerprint density at radius 2 is 2.50 bits per heavy atom. The van der Waals surface area contributed by atoms with E-state index in [4.69, 9.17) is 0 Å². The quantitative estimate of drug-likeness (QED) is 0.418. The molecule has 0 heterocycles. The Bertz CT molecular complexity index is 92.3. The molecule has 0 saturated heterocycles. The number of nitrogens with zero attached hydrogens (tertiary/aromatic N) is 1. The van der Waals surface area contributed by atoms with Crippen LogP contribution in [-0.4, -0.2) is 20.7 Å². The maximum atomic E-state index is 4.37. The molecule has 0 fully saturated rings. The van der Waals surface area contributed by atoms with Gasteiger partial charge >= 0.3 is 6.07 Å². The largest absolute Gasteiger partial charge is 0.351 e. The van der Waals surface area contributed by atoms with Gasteiger partial charge in [0.25, 0.3) is 0 Å². The molecule has 46 valence electrons. The van der Waals surface area contributed by atoms with Crippen LogP contribution in [0.15, 0.2) is 0 Å². The highest BCUT2D eigenvalue weighted by Gasteiger charge is 1.84. The number of nitrogens with one attached hydrogen (secondary N) is 1. The Morgan fingerprint density at radius 3 is 3.00 bits per heavy atom. The highest BCUT2D eigenvalue weighted by molar-refractivity contribution is 4.79. The molecule has 3 heteroatoms. The minimum Gasteiger partial charge on any atom is -0.319 e. The van der Waals surface area contributed by atoms with Crippen LogP contribution in [0.5, 0.6) is 0 Å². The standard InChI is InChI=1S/C5H11N2O/c1-6-4-3-5-7-8-2/h6H,3-4H2,1-2H3/q+1. The lowest BCUT2D eigenvalue weighted by Crippen LogP contribution is -2.05. The number of hydrogen-bond donors (Lipinski definition) is 1. The van der Waals surface area contributed by atoms with Crippen molar-refractivity contribution in [3.05, 3.63) is 5.01 Å². The topological polar surface area (TPSA) is 25.6 Å². The maximum Gasteiger partial charge on any atom is 0.351 e. The molecular weight excluding hydrogens is 104 g/mol. The highest BCUT2D eigenvalue weighted by Crippen LogP contribution is 1.72. The fraction of sp³-hybridized carbons (Fsp3) is 0.800. The van der Waals surface area contributed by atoms with Gasteiger partial charge in [0.1, 0.15) is 6.42 Å². The molecule has 0 aromatic rings. The first-order valence-electron chi connectivity index (χ1n) is 2.52. The Kier molecular flexibility index (Phi) is 5.66. The van der Waals surface area contributed by atoms with E-state index in [1.165, 1.54) is 7.11 Å². The van der Waals surface area contributed by atoms with Gasteiger partial charge in [-0.2, -0.15) is 4.84 Å². The van der Waals surface area contributed by atoms with Crippen molar-refractivity contribution in [1.29, 1.82) is 0 Å². The van der Waals surface area contributed by atoms with Crippen LogP contribution in [0.3, 0.4) is 0 Å². The summed E-state index contributed by atoms with van der Waals surface area (Å²) in [5, 5.41) is 6.37. The van der Waals surface area contributed by atoms with Crippen molar-refractivity contribution in [3.8, 4) is 6.07 Å². The van der Waals surface area contributed by atoms with Crippen LogP contribution in [-0.2, 0) is 4.84 Å². The predicted molar refractivity (Wildman–Crippen MR) is 32.8 cm³/mol. The van der Waals surface area contributed by atoms with E-state index < -0.39 is 0 Å². The zero-order chi connectivity index (χ0) is 6.24. The third kappa shape index (κ3) is 5.25. The molecular formula is C5H11N2O+. The minimum atomic E-state index is 0.796. The molecule has 0 aliphatic heterocycles. The first-order chi connectivity index (χ1) is 3.91. The first kappa shape index (κ1) is 7.25. The molecule has 8 heavy (non-hydrogen) atoms. The van der Waals surface area contributed by atoms with Crippen LogP contribution < -0.4 is 5.32 Å². The lowest BCUT2D eigenvalue weighted by molar-refractivity contribution is 0.330. The lowest BCUT2D eigenvalue weighted by Gasteiger charge is -1.80. The summed E-state index contributed by atoms with van der Waals surface area (Å²) in [5.74, 6) is 0. The average molecular weight is 115 g/mol. The minimum absolute atomic E-state index is 0.796. The summed E-state index contributed by atoms with van der Waals surface area (Å²) in [4.78, 5) is 4.37. The highest BCUT2D eigenvalue weighted by atomic mass is 16.6. The van der Waals surface area contributed by atoms with E-state index >= 15 is 0 Å². The average Bonchev–Trinajstić information content (AvgIpc) is 1.81. The zero-order valence-electron chi connectivity index (χ0n) is 5.27. The fourth-order valence-corrected chi connectivity index (χ4v) is 0.291. The van der Waals surface area contributed by atoms with Gasteiger partial charge in [-0.1, -0.05) is 0 Å². The Hall–Kier alpha value is -0.750. The normalized spacial score (nSPS) is 7.25. The molecule has 0 aromatic heterocycles. The fourth-order valence-electron chi connectivity index (χ4n) is 0.291. The van der Waals surface area contributed by atoms with E-state index in [0.717, 1.165) is 13.0 Å². The molecule has 0 rings (SSSR count). The van der Waals surface area contributed by atoms with E-state index in [9.17, 15) is 0 Å². The van der Waals surface area contributed by atoms with E-state index in [0.29, 0.717) is 0 Å². The maximum absolute atomic E-state index is 4.37. The summed E-state index contributed by atoms with van der Waals surface area (Å²) >= 11 is 0. The second-order valence-electron chi connectivity index (χ2n) is 1.29. The van der Waals surface area contributed by atoms with E-state index in [1.54, 1.807) is 0 Å². The van der Waals surface area contributed by atoms with Crippen molar-refractivity contribution < 1.29 is 4.84 Å². The SMILES string of the molecule is CNCCC#[N+]OC. The summed E-state index contributed by atoms with van der Waals surface area (Å²) in [6, 6.07) is 2.68. The van der Waals surface area contributed by atoms with E-state index in [-0.39, 0.29) is 0 Å². The van der Waals surface area contributed by atoms with Gasteiger partial charge in [0.15, 0.2) is 7.11 Å². The van der Waals surface area contributed by atoms with Crippen molar-refractivity contribution in [3.63, 3.8) is 0 Å². The van der Waals surface area contributed by atoms with Crippen molar-refractivity contribution in [2.45, 2.75) is 6.42 Å². The molecule has 0 aromatic carbocycles. The van der Waals surface area contributed by atoms with Crippen molar-refractivity contribution in [2.24, 2.45) is 0 Å². The Morgan fingerprint density at radius 1 is 1.75 bits per heavy atom. The van der Waals surface area contributed by atoms with Crippen molar-refractivity contribution in [1.82, 2.24) is 5.32 Å². The number of hydrogen-bond acceptors (Lipinski definition) is 2. The molecule has 0 saturated carbocycles. The summed E-state index contributed by atoms with van der Waals surface area (Å²) in [7, 11) is 3.39. The summed E-state index contributed by atoms with van der Waals surface area (Å²) in [6.07, 6.45) is 0.796. The van der Waals surface area contributed by atoms with E-state index in [1.807, 2.05) is 7.05 Å². The van der Waals surface area contributed by atoms with Crippen LogP contribution in [0.4, 0.5) is 0 Å². The third-order valence-electron chi connectivity index (χ3n) is 0.643. The second kappa shape index (κ2) is 6.25. The van der Waals surface area contributed by atoms with Crippen LogP contribution in [0.25, 0.3) is 5.01 Å². The molecule has 0 amide bonds. The number of rotatable bonds is 2. The molecule has 0 spiro atoms. The summed E-state index contributed by atoms with van der Waals surface area (Å²) in [6.45, 7) is 0.896. The molecule has 0 bridgehead atoms. The van der Waals surface area contributed by atoms with Crippen LogP contribution in [0, 0.1) is 6.07 Å². The second-order valence-corrected chi connectivity index (χ2v) is 1.29. The predicted octanol–water partition coefficient (Wildman–Crippen LogP) is 0.490. The monoisotopic (exact) mass is 115 g/mol. The molecule has 0 aliphatic carbocycles. The van der Waals surface area contributed by atoms with Gasteiger partial charge in [0.05, 0.1) is 0 Å². The van der Waals surface area contributed by atoms with Crippen LogP contribution in [0.2, 0.25) is 0 Å². The molecule has 0 radical (unpaired) electrons. The van der Waals surface area contributed by atoms with Crippen molar-refractivity contribution in [2.75, 3.05) is 20.7 Å². The molecule has 0 atom stereocenters.